The number of carboxylic acids is 3. The van der Waals surface area contributed by atoms with Gasteiger partial charge in [-0.1, -0.05) is 34.1 Å². The number of nitrogens with two attached hydrogens (primary N) is 3. The zero-order chi connectivity index (χ0) is 49.0. The molecule has 1 saturated heterocycles. The second kappa shape index (κ2) is 29.0. The Balaban J connectivity index is 1.43. The van der Waals surface area contributed by atoms with Crippen LogP contribution in [0.15, 0.2) is 0 Å². The van der Waals surface area contributed by atoms with Gasteiger partial charge in [-0.25, -0.2) is 0 Å². The molecule has 18 nitrogen and oxygen atoms in total. The van der Waals surface area contributed by atoms with E-state index in [-0.39, 0.29) is 55.1 Å². The van der Waals surface area contributed by atoms with E-state index in [1.165, 1.54) is 0 Å². The van der Waals surface area contributed by atoms with E-state index < -0.39 is 17.9 Å². The number of nitrogens with zero attached hydrogens (tertiary/aromatic N) is 4. The third kappa shape index (κ3) is 16.8. The van der Waals surface area contributed by atoms with Crippen LogP contribution in [0.5, 0.6) is 0 Å². The van der Waals surface area contributed by atoms with Gasteiger partial charge in [-0.15, -0.1) is 0 Å². The lowest BCUT2D eigenvalue weighted by Crippen LogP contribution is -2.62. The summed E-state index contributed by atoms with van der Waals surface area (Å²) in [5, 5.41) is 31.8. The van der Waals surface area contributed by atoms with Crippen LogP contribution in [0.2, 0.25) is 0 Å². The van der Waals surface area contributed by atoms with Crippen LogP contribution in [-0.2, 0) is 33.4 Å². The third-order valence-electron chi connectivity index (χ3n) is 16.6. The predicted octanol–water partition coefficient (Wildman–Crippen LogP) is 2.32. The maximum Gasteiger partial charge on any atom is 0.317 e. The second-order valence-corrected chi connectivity index (χ2v) is 20.7. The standard InChI is InChI=1S/C49H92N8O10/c1-5-48(3)37(13-29-65-26-7-14-50)30-41(66-27-8-15-51)47-39-12-11-38(49(39,4)42(31-40(47)48)67-28-9-16-52)36(2)10-6-17-53-43(58)32-54-18-20-55(33-44(59)60)22-24-57(35-46(63)64)25-23-56(21-19-54)34-45(61)62/h36-42,47H,5-35,50-52H2,1-4H3,(H,53,58)(H,59,60)(H,61,62)(H,63,64)/t36?,37?,38?,39-,40-,41+,42-,47?,48-,49+/m0/s1. The Morgan fingerprint density at radius 1 is 0.672 bits per heavy atom. The summed E-state index contributed by atoms with van der Waals surface area (Å²) >= 11 is 0. The van der Waals surface area contributed by atoms with Gasteiger partial charge in [0.2, 0.25) is 5.91 Å². The monoisotopic (exact) mass is 953 g/mol. The van der Waals surface area contributed by atoms with Crippen molar-refractivity contribution >= 4 is 23.8 Å². The number of hydrogen-bond donors (Lipinski definition) is 7. The molecule has 4 rings (SSSR count). The van der Waals surface area contributed by atoms with Crippen molar-refractivity contribution in [1.82, 2.24) is 24.9 Å². The van der Waals surface area contributed by atoms with Gasteiger partial charge in [0.15, 0.2) is 0 Å². The van der Waals surface area contributed by atoms with E-state index in [1.54, 1.807) is 14.7 Å². The topological polar surface area (TPSA) is 260 Å². The molecule has 0 spiro atoms. The van der Waals surface area contributed by atoms with Crippen molar-refractivity contribution in [3.05, 3.63) is 0 Å². The molecule has 0 aromatic carbocycles. The number of amides is 1. The van der Waals surface area contributed by atoms with Gasteiger partial charge in [0.25, 0.3) is 0 Å². The first-order valence-electron chi connectivity index (χ1n) is 25.8. The fourth-order valence-corrected chi connectivity index (χ4v) is 12.9. The Bertz CT molecular complexity index is 1470. The average Bonchev–Trinajstić information content (AvgIpc) is 3.64. The smallest absolute Gasteiger partial charge is 0.317 e. The number of hydrogen-bond acceptors (Lipinski definition) is 14. The Morgan fingerprint density at radius 2 is 1.18 bits per heavy atom. The number of nitrogens with one attached hydrogen (secondary N) is 1. The Hall–Kier alpha value is -2.52. The van der Waals surface area contributed by atoms with E-state index >= 15 is 0 Å². The van der Waals surface area contributed by atoms with Gasteiger partial charge in [-0.2, -0.15) is 0 Å². The first kappa shape index (κ1) is 57.1. The van der Waals surface area contributed by atoms with E-state index in [2.05, 4.69) is 33.0 Å². The molecule has 0 aromatic heterocycles. The molecule has 1 amide bonds. The van der Waals surface area contributed by atoms with Gasteiger partial charge in [0.05, 0.1) is 38.4 Å². The zero-order valence-corrected chi connectivity index (χ0v) is 41.8. The maximum atomic E-state index is 13.5. The average molecular weight is 953 g/mol. The number of aliphatic carboxylic acids is 3. The molecule has 18 heteroatoms. The number of rotatable bonds is 28. The van der Waals surface area contributed by atoms with E-state index in [0.29, 0.717) is 134 Å². The van der Waals surface area contributed by atoms with Crippen LogP contribution in [-0.4, -0.2) is 202 Å². The minimum Gasteiger partial charge on any atom is -0.480 e. The molecule has 10 atom stereocenters. The van der Waals surface area contributed by atoms with Crippen LogP contribution in [0, 0.1) is 46.3 Å². The van der Waals surface area contributed by atoms with Crippen molar-refractivity contribution in [2.45, 2.75) is 111 Å². The molecule has 67 heavy (non-hydrogen) atoms. The molecule has 1 heterocycles. The van der Waals surface area contributed by atoms with Gasteiger partial charge in [0.1, 0.15) is 0 Å². The number of carboxylic acid groups (broad SMARTS) is 3. The molecule has 0 bridgehead atoms. The van der Waals surface area contributed by atoms with Crippen molar-refractivity contribution in [2.75, 3.05) is 131 Å². The fraction of sp³-hybridized carbons (Fsp3) is 0.918. The van der Waals surface area contributed by atoms with Gasteiger partial charge in [0, 0.05) is 90.7 Å². The third-order valence-corrected chi connectivity index (χ3v) is 16.6. The van der Waals surface area contributed by atoms with Gasteiger partial charge in [-0.3, -0.25) is 38.8 Å². The Morgan fingerprint density at radius 3 is 1.69 bits per heavy atom. The number of carbonyl (C=O) groups excluding carboxylic acids is 1. The molecule has 4 unspecified atom stereocenters. The fourth-order valence-electron chi connectivity index (χ4n) is 12.9. The molecule has 4 fully saturated rings. The predicted molar refractivity (Wildman–Crippen MR) is 258 cm³/mol. The summed E-state index contributed by atoms with van der Waals surface area (Å²) in [4.78, 5) is 55.8. The molecule has 4 aliphatic rings. The largest absolute Gasteiger partial charge is 0.480 e. The number of fused-ring (bicyclic) bond motifs is 3. The minimum absolute atomic E-state index is 0.0424. The first-order chi connectivity index (χ1) is 32.1. The second-order valence-electron chi connectivity index (χ2n) is 20.7. The van der Waals surface area contributed by atoms with Crippen molar-refractivity contribution in [3.8, 4) is 0 Å². The van der Waals surface area contributed by atoms with E-state index in [4.69, 9.17) is 31.4 Å². The Labute approximate surface area is 401 Å². The molecule has 3 aliphatic carbocycles. The summed E-state index contributed by atoms with van der Waals surface area (Å²) in [7, 11) is 0. The SMILES string of the molecule is CC[C@@]1(C)C(CCOCCCN)C[C@@H](OCCCN)C2[C@@H]3CCC(C(C)CCCNC(=O)CN4CCN(CC(=O)O)CCN(CC(=O)O)CCN(CC(=O)O)CC4)[C@@]3(C)[C@@H](OCCCN)C[C@@H]21. The van der Waals surface area contributed by atoms with Crippen LogP contribution in [0.1, 0.15) is 98.3 Å². The van der Waals surface area contributed by atoms with Gasteiger partial charge < -0.3 is 52.0 Å². The van der Waals surface area contributed by atoms with Crippen LogP contribution in [0.25, 0.3) is 0 Å². The Kier molecular flexibility index (Phi) is 24.7. The number of carbonyl (C=O) groups is 4. The molecule has 10 N–H and O–H groups in total. The highest BCUT2D eigenvalue weighted by Gasteiger charge is 2.65. The van der Waals surface area contributed by atoms with Gasteiger partial charge in [-0.05, 0) is 125 Å². The lowest BCUT2D eigenvalue weighted by molar-refractivity contribution is -0.218. The summed E-state index contributed by atoms with van der Waals surface area (Å²) in [6.45, 7) is 17.2. The van der Waals surface area contributed by atoms with Crippen LogP contribution in [0.3, 0.4) is 0 Å². The van der Waals surface area contributed by atoms with Crippen LogP contribution < -0.4 is 22.5 Å². The highest BCUT2D eigenvalue weighted by molar-refractivity contribution is 5.78. The molecular weight excluding hydrogens is 861 g/mol. The molecule has 3 saturated carbocycles. The van der Waals surface area contributed by atoms with Crippen LogP contribution >= 0.6 is 0 Å². The van der Waals surface area contributed by atoms with Crippen molar-refractivity contribution in [3.63, 3.8) is 0 Å². The lowest BCUT2D eigenvalue weighted by atomic mass is 9.44. The summed E-state index contributed by atoms with van der Waals surface area (Å²) in [5.74, 6) is -0.424. The molecular formula is C49H92N8O10. The number of ether oxygens (including phenoxy) is 3. The quantitative estimate of drug-likeness (QED) is 0.0556. The van der Waals surface area contributed by atoms with Crippen molar-refractivity contribution in [2.24, 2.45) is 63.5 Å². The summed E-state index contributed by atoms with van der Waals surface area (Å²) in [6.07, 6.45) is 11.0. The minimum atomic E-state index is -1.00. The zero-order valence-electron chi connectivity index (χ0n) is 41.8. The van der Waals surface area contributed by atoms with Crippen LogP contribution in [0.4, 0.5) is 0 Å². The van der Waals surface area contributed by atoms with E-state index in [0.717, 1.165) is 77.2 Å². The van der Waals surface area contributed by atoms with Crippen molar-refractivity contribution in [1.29, 1.82) is 0 Å². The molecule has 1 aliphatic heterocycles. The normalized spacial score (nSPS) is 31.0. The highest BCUT2D eigenvalue weighted by Crippen LogP contribution is 2.68. The van der Waals surface area contributed by atoms with E-state index in [1.807, 2.05) is 4.90 Å². The summed E-state index contributed by atoms with van der Waals surface area (Å²) < 4.78 is 20.0. The van der Waals surface area contributed by atoms with E-state index in [9.17, 15) is 34.5 Å². The lowest BCUT2D eigenvalue weighted by Gasteiger charge is -2.63. The van der Waals surface area contributed by atoms with Gasteiger partial charge >= 0.3 is 17.9 Å². The highest BCUT2D eigenvalue weighted by atomic mass is 16.5. The summed E-state index contributed by atoms with van der Waals surface area (Å²) in [6, 6.07) is 0. The molecule has 0 radical (unpaired) electrons. The molecule has 0 aromatic rings. The molecule has 388 valence electrons. The first-order valence-corrected chi connectivity index (χ1v) is 25.8. The van der Waals surface area contributed by atoms with Crippen molar-refractivity contribution < 1.29 is 48.7 Å². The maximum absolute atomic E-state index is 13.5. The summed E-state index contributed by atoms with van der Waals surface area (Å²) in [5.41, 5.74) is 17.8.